The molecule has 1 aliphatic carbocycles. The third kappa shape index (κ3) is 4.85. The number of rotatable bonds is 6. The molecule has 9 aromatic carbocycles. The standard InChI is InChI=1S/C48H27N3O7S2/c1-3-56-59(52)57-40-24-38(49-36-13-5-10-26-9-4-8-25(2)41(26)36)32-20-16-28-31-19-23-35-46-34(22-18-30(44(31)46)29-17-21-33(40)45(32)43(28)29)47-50-37-14-6-11-27-12-7-15-39(42(27)37)51(47)48(35)58-60(53,54)55/h1,4-23H,24H2,2H3,(H,53,54,55)/b49-38+. The number of hydrogen-bond acceptors (Lipinski definition) is 9. The zero-order valence-corrected chi connectivity index (χ0v) is 33.0. The van der Waals surface area contributed by atoms with Crippen molar-refractivity contribution in [3.8, 4) is 12.5 Å². The van der Waals surface area contributed by atoms with Crippen molar-refractivity contribution in [2.75, 3.05) is 4.90 Å². The maximum absolute atomic E-state index is 12.9. The molecule has 1 atom stereocenters. The van der Waals surface area contributed by atoms with Crippen LogP contribution >= 0.6 is 0 Å². The minimum Gasteiger partial charge on any atom is -0.374 e. The molecule has 0 aromatic heterocycles. The van der Waals surface area contributed by atoms with Gasteiger partial charge in [0.2, 0.25) is 5.88 Å². The number of amidine groups is 1. The smallest absolute Gasteiger partial charge is 0.374 e. The summed E-state index contributed by atoms with van der Waals surface area (Å²) in [5, 5.41) is 12.1. The van der Waals surface area contributed by atoms with E-state index >= 15 is 0 Å². The van der Waals surface area contributed by atoms with Crippen molar-refractivity contribution in [2.24, 2.45) is 9.98 Å². The van der Waals surface area contributed by atoms with E-state index in [2.05, 4.69) is 43.3 Å². The molecule has 10 nitrogen and oxygen atoms in total. The number of anilines is 1. The predicted octanol–water partition coefficient (Wildman–Crippen LogP) is 8.98. The molecular formula is C48H27N3O7S2. The third-order valence-corrected chi connectivity index (χ3v) is 12.8. The lowest BCUT2D eigenvalue weighted by Gasteiger charge is -2.35. The fourth-order valence-corrected chi connectivity index (χ4v) is 10.5. The lowest BCUT2D eigenvalue weighted by molar-refractivity contribution is 0.364. The van der Waals surface area contributed by atoms with Crippen molar-refractivity contribution in [1.82, 2.24) is 0 Å². The number of nitrogens with zero attached hydrogens (tertiary/aromatic N) is 3. The Morgan fingerprint density at radius 3 is 2.07 bits per heavy atom. The second-order valence-corrected chi connectivity index (χ2v) is 16.7. The largest absolute Gasteiger partial charge is 0.447 e. The Labute approximate surface area is 344 Å². The first-order chi connectivity index (χ1) is 29.2. The number of aliphatic imine (C=N–C) groups is 2. The summed E-state index contributed by atoms with van der Waals surface area (Å²) >= 11 is -2.26. The Kier molecular flexibility index (Phi) is 7.15. The Bertz CT molecular complexity index is 3840. The quantitative estimate of drug-likeness (QED) is 0.0763. The van der Waals surface area contributed by atoms with Crippen molar-refractivity contribution < 1.29 is 29.7 Å². The highest BCUT2D eigenvalue weighted by atomic mass is 32.3. The van der Waals surface area contributed by atoms with Crippen LogP contribution in [-0.2, 0) is 34.3 Å². The topological polar surface area (TPSA) is 127 Å². The molecule has 1 N–H and O–H groups in total. The molecule has 288 valence electrons. The van der Waals surface area contributed by atoms with Crippen molar-refractivity contribution in [3.05, 3.63) is 148 Å². The van der Waals surface area contributed by atoms with Crippen LogP contribution in [0.4, 0.5) is 17.1 Å². The first-order valence-electron chi connectivity index (χ1n) is 19.0. The molecule has 2 aliphatic heterocycles. The molecule has 12 heteroatoms. The summed E-state index contributed by atoms with van der Waals surface area (Å²) < 4.78 is 64.8. The first-order valence-corrected chi connectivity index (χ1v) is 21.3. The molecule has 0 fully saturated rings. The molecule has 0 saturated heterocycles. The van der Waals surface area contributed by atoms with Crippen LogP contribution in [-0.4, -0.2) is 28.7 Å². The Morgan fingerprint density at radius 2 is 1.35 bits per heavy atom. The second kappa shape index (κ2) is 12.4. The van der Waals surface area contributed by atoms with Gasteiger partial charge in [0.25, 0.3) is 0 Å². The van der Waals surface area contributed by atoms with Crippen molar-refractivity contribution >= 4 is 127 Å². The molecule has 0 spiro atoms. The van der Waals surface area contributed by atoms with Gasteiger partial charge in [-0.15, -0.1) is 0 Å². The lowest BCUT2D eigenvalue weighted by atomic mass is 9.82. The summed E-state index contributed by atoms with van der Waals surface area (Å²) in [5.41, 5.74) is 5.69. The maximum Gasteiger partial charge on any atom is 0.447 e. The normalized spacial score (nSPS) is 15.6. The fourth-order valence-electron chi connectivity index (χ4n) is 9.67. The van der Waals surface area contributed by atoms with Gasteiger partial charge in [-0.1, -0.05) is 97.4 Å². The minimum atomic E-state index is -4.98. The minimum absolute atomic E-state index is 0.0754. The van der Waals surface area contributed by atoms with Crippen LogP contribution < -0.4 is 15.3 Å². The Balaban J connectivity index is 1.19. The van der Waals surface area contributed by atoms with Crippen LogP contribution in [0.1, 0.15) is 23.1 Å². The van der Waals surface area contributed by atoms with E-state index in [4.69, 9.17) is 29.0 Å². The van der Waals surface area contributed by atoms with Gasteiger partial charge in [-0.3, -0.25) is 14.4 Å². The zero-order chi connectivity index (χ0) is 40.6. The molecule has 3 aliphatic rings. The van der Waals surface area contributed by atoms with Gasteiger partial charge in [-0.05, 0) is 85.9 Å². The molecule has 9 aromatic rings. The summed E-state index contributed by atoms with van der Waals surface area (Å²) in [6.07, 6.45) is 7.53. The van der Waals surface area contributed by atoms with Crippen molar-refractivity contribution in [1.29, 1.82) is 0 Å². The van der Waals surface area contributed by atoms with E-state index in [0.29, 0.717) is 22.5 Å². The monoisotopic (exact) mass is 821 g/mol. The third-order valence-electron chi connectivity index (χ3n) is 11.9. The van der Waals surface area contributed by atoms with Crippen molar-refractivity contribution in [3.63, 3.8) is 0 Å². The maximum atomic E-state index is 12.9. The SMILES string of the molecule is C#COS(=O)OC1=c2ccc3c4ccc5c6c(ccc(c7ccc(c2c73)/C(=N/c2cccc3cccc(C)c23)C1)c64)=C(OS(=O)(=O)O)N1C5=Nc2cccc3cccc1c23. The summed E-state index contributed by atoms with van der Waals surface area (Å²) in [7, 11) is -4.98. The zero-order valence-electron chi connectivity index (χ0n) is 31.4. The van der Waals surface area contributed by atoms with Gasteiger partial charge in [0, 0.05) is 43.1 Å². The Hall–Kier alpha value is -7.30. The molecule has 0 saturated carbocycles. The number of aryl methyl sites for hydroxylation is 1. The van der Waals surface area contributed by atoms with Gasteiger partial charge in [0.15, 0.2) is 0 Å². The molecular weight excluding hydrogens is 795 g/mol. The highest BCUT2D eigenvalue weighted by molar-refractivity contribution is 7.81. The molecule has 0 radical (unpaired) electrons. The van der Waals surface area contributed by atoms with Gasteiger partial charge in [-0.25, -0.2) is 4.99 Å². The summed E-state index contributed by atoms with van der Waals surface area (Å²) in [6.45, 7) is 2.07. The lowest BCUT2D eigenvalue weighted by Crippen LogP contribution is -2.41. The molecule has 12 rings (SSSR count). The Morgan fingerprint density at radius 1 is 0.733 bits per heavy atom. The molecule has 0 bridgehead atoms. The number of hydrogen-bond donors (Lipinski definition) is 1. The molecule has 0 amide bonds. The van der Waals surface area contributed by atoms with Gasteiger partial charge in [0.1, 0.15) is 17.7 Å². The predicted molar refractivity (Wildman–Crippen MR) is 238 cm³/mol. The van der Waals surface area contributed by atoms with Crippen molar-refractivity contribution in [2.45, 2.75) is 13.3 Å². The second-order valence-electron chi connectivity index (χ2n) is 15.0. The molecule has 60 heavy (non-hydrogen) atoms. The van der Waals surface area contributed by atoms with E-state index in [9.17, 15) is 17.2 Å². The highest BCUT2D eigenvalue weighted by Gasteiger charge is 2.36. The van der Waals surface area contributed by atoms with E-state index in [0.717, 1.165) is 104 Å². The van der Waals surface area contributed by atoms with Gasteiger partial charge >= 0.3 is 21.8 Å². The number of fused-ring (bicyclic) bond motifs is 6. The fraction of sp³-hybridized carbons (Fsp3) is 0.0417. The number of benzene rings is 9. The summed E-state index contributed by atoms with van der Waals surface area (Å²) in [4.78, 5) is 12.1. The highest BCUT2D eigenvalue weighted by Crippen LogP contribution is 2.47. The van der Waals surface area contributed by atoms with E-state index in [1.54, 1.807) is 4.90 Å². The average molecular weight is 822 g/mol. The van der Waals surface area contributed by atoms with E-state index in [1.165, 1.54) is 0 Å². The summed E-state index contributed by atoms with van der Waals surface area (Å²) in [5.74, 6) is 0.794. The van der Waals surface area contributed by atoms with E-state index in [-0.39, 0.29) is 12.3 Å². The van der Waals surface area contributed by atoms with E-state index in [1.807, 2.05) is 91.0 Å². The first kappa shape index (κ1) is 34.7. The summed E-state index contributed by atoms with van der Waals surface area (Å²) in [6, 6.07) is 39.8. The van der Waals surface area contributed by atoms with Crippen LogP contribution in [0, 0.1) is 19.5 Å². The number of terminal acetylenes is 1. The van der Waals surface area contributed by atoms with E-state index < -0.39 is 21.8 Å². The molecule has 2 heterocycles. The average Bonchev–Trinajstić information content (AvgIpc) is 3.23. The van der Waals surface area contributed by atoms with Crippen LogP contribution in [0.15, 0.2) is 131 Å². The van der Waals surface area contributed by atoms with Crippen LogP contribution in [0.25, 0.3) is 76.3 Å². The van der Waals surface area contributed by atoms with Crippen LogP contribution in [0.3, 0.4) is 0 Å². The van der Waals surface area contributed by atoms with Crippen LogP contribution in [0.5, 0.6) is 0 Å². The van der Waals surface area contributed by atoms with Gasteiger partial charge in [-0.2, -0.15) is 12.6 Å². The van der Waals surface area contributed by atoms with Gasteiger partial charge in [0.05, 0.1) is 29.2 Å². The molecule has 1 unspecified atom stereocenters. The van der Waals surface area contributed by atoms with Gasteiger partial charge < -0.3 is 12.5 Å². The van der Waals surface area contributed by atoms with Crippen LogP contribution in [0.2, 0.25) is 0 Å².